The van der Waals surface area contributed by atoms with Crippen LogP contribution in [0.25, 0.3) is 0 Å². The molecule has 0 bridgehead atoms. The molecule has 25 heavy (non-hydrogen) atoms. The van der Waals surface area contributed by atoms with Crippen molar-refractivity contribution >= 4 is 34.7 Å². The molecule has 2 aromatic carbocycles. The van der Waals surface area contributed by atoms with E-state index >= 15 is 0 Å². The van der Waals surface area contributed by atoms with Crippen LogP contribution in [0.15, 0.2) is 36.4 Å². The lowest BCUT2D eigenvalue weighted by atomic mass is 9.99. The molecule has 0 saturated heterocycles. The van der Waals surface area contributed by atoms with Gasteiger partial charge in [0.05, 0.1) is 23.4 Å². The first kappa shape index (κ1) is 17.3. The summed E-state index contributed by atoms with van der Waals surface area (Å²) in [6, 6.07) is 10.00. The van der Waals surface area contributed by atoms with Gasteiger partial charge in [-0.05, 0) is 49.2 Å². The Labute approximate surface area is 151 Å². The maximum absolute atomic E-state index is 13.1. The molecule has 0 fully saturated rings. The molecule has 0 saturated carbocycles. The van der Waals surface area contributed by atoms with Crippen LogP contribution in [0.2, 0.25) is 5.02 Å². The molecule has 0 unspecified atom stereocenters. The zero-order valence-electron chi connectivity index (χ0n) is 13.9. The minimum atomic E-state index is -0.244. The summed E-state index contributed by atoms with van der Waals surface area (Å²) in [7, 11) is 1.55. The van der Waals surface area contributed by atoms with Crippen molar-refractivity contribution < 1.29 is 14.3 Å². The number of hydrogen-bond donors (Lipinski definition) is 1. The third kappa shape index (κ3) is 3.46. The van der Waals surface area contributed by atoms with Crippen molar-refractivity contribution in [2.45, 2.75) is 19.3 Å². The van der Waals surface area contributed by atoms with Crippen LogP contribution in [-0.4, -0.2) is 25.3 Å². The minimum absolute atomic E-state index is 0.00908. The van der Waals surface area contributed by atoms with Crippen LogP contribution < -0.4 is 15.4 Å². The van der Waals surface area contributed by atoms with Gasteiger partial charge in [0.1, 0.15) is 5.75 Å². The number of carbonyl (C=O) groups is 2. The molecule has 1 aliphatic rings. The number of nitrogen functional groups attached to an aromatic ring is 1. The summed E-state index contributed by atoms with van der Waals surface area (Å²) < 4.78 is 5.22. The number of benzene rings is 2. The van der Waals surface area contributed by atoms with Crippen LogP contribution in [0, 0.1) is 0 Å². The summed E-state index contributed by atoms with van der Waals surface area (Å²) in [5, 5.41) is 0.299. The molecule has 6 heteroatoms. The van der Waals surface area contributed by atoms with Crippen molar-refractivity contribution in [3.05, 3.63) is 52.5 Å². The van der Waals surface area contributed by atoms with Gasteiger partial charge in [-0.15, -0.1) is 0 Å². The molecular weight excluding hydrogens is 340 g/mol. The number of methoxy groups -OCH3 is 1. The average molecular weight is 359 g/mol. The molecule has 130 valence electrons. The van der Waals surface area contributed by atoms with Crippen LogP contribution in [0.3, 0.4) is 0 Å². The fourth-order valence-corrected chi connectivity index (χ4v) is 3.24. The first-order chi connectivity index (χ1) is 12.0. The summed E-state index contributed by atoms with van der Waals surface area (Å²) in [5.74, 6) is 0.353. The SMILES string of the molecule is COc1ccc2c(c1)C(=O)CCCCN2C(=O)c1ccc(N)cc1Cl. The first-order valence-electron chi connectivity index (χ1n) is 8.09. The smallest absolute Gasteiger partial charge is 0.259 e. The van der Waals surface area contributed by atoms with Gasteiger partial charge in [0.15, 0.2) is 5.78 Å². The zero-order chi connectivity index (χ0) is 18.0. The average Bonchev–Trinajstić information content (AvgIpc) is 2.59. The van der Waals surface area contributed by atoms with Crippen LogP contribution in [0.5, 0.6) is 5.75 Å². The van der Waals surface area contributed by atoms with Crippen molar-refractivity contribution in [1.82, 2.24) is 0 Å². The van der Waals surface area contributed by atoms with Crippen molar-refractivity contribution in [3.63, 3.8) is 0 Å². The van der Waals surface area contributed by atoms with E-state index in [0.717, 1.165) is 12.8 Å². The van der Waals surface area contributed by atoms with E-state index < -0.39 is 0 Å². The Hall–Kier alpha value is -2.53. The number of carbonyl (C=O) groups excluding carboxylic acids is 2. The lowest BCUT2D eigenvalue weighted by Gasteiger charge is -2.27. The fourth-order valence-electron chi connectivity index (χ4n) is 2.97. The molecule has 1 amide bonds. The van der Waals surface area contributed by atoms with Gasteiger partial charge in [0.25, 0.3) is 5.91 Å². The molecule has 0 spiro atoms. The number of fused-ring (bicyclic) bond motifs is 1. The summed E-state index contributed by atoms with van der Waals surface area (Å²) in [5.41, 5.74) is 7.66. The van der Waals surface area contributed by atoms with Crippen molar-refractivity contribution in [2.75, 3.05) is 24.3 Å². The third-order valence-corrected chi connectivity index (χ3v) is 4.61. The van der Waals surface area contributed by atoms with Gasteiger partial charge in [-0.1, -0.05) is 11.6 Å². The van der Waals surface area contributed by atoms with Crippen molar-refractivity contribution in [3.8, 4) is 5.75 Å². The largest absolute Gasteiger partial charge is 0.497 e. The van der Waals surface area contributed by atoms with Gasteiger partial charge < -0.3 is 15.4 Å². The number of Topliss-reactive ketones (excluding diaryl/α,β-unsaturated/α-hetero) is 1. The normalized spacial score (nSPS) is 14.5. The second-order valence-electron chi connectivity index (χ2n) is 5.96. The highest BCUT2D eigenvalue weighted by molar-refractivity contribution is 6.35. The Morgan fingerprint density at radius 2 is 2.00 bits per heavy atom. The minimum Gasteiger partial charge on any atom is -0.497 e. The van der Waals surface area contributed by atoms with E-state index in [0.29, 0.717) is 46.2 Å². The highest BCUT2D eigenvalue weighted by Crippen LogP contribution is 2.31. The van der Waals surface area contributed by atoms with Crippen molar-refractivity contribution in [1.29, 1.82) is 0 Å². The molecule has 3 rings (SSSR count). The van der Waals surface area contributed by atoms with Crippen LogP contribution in [0.1, 0.15) is 40.0 Å². The number of rotatable bonds is 2. The fraction of sp³-hybridized carbons (Fsp3) is 0.263. The van der Waals surface area contributed by atoms with E-state index in [2.05, 4.69) is 0 Å². The molecule has 0 aromatic heterocycles. The number of ether oxygens (including phenoxy) is 1. The molecule has 5 nitrogen and oxygen atoms in total. The van der Waals surface area contributed by atoms with Crippen LogP contribution >= 0.6 is 11.6 Å². The summed E-state index contributed by atoms with van der Waals surface area (Å²) in [6.45, 7) is 0.520. The van der Waals surface area contributed by atoms with Gasteiger partial charge in [0.2, 0.25) is 0 Å². The van der Waals surface area contributed by atoms with Crippen LogP contribution in [-0.2, 0) is 0 Å². The summed E-state index contributed by atoms with van der Waals surface area (Å²) in [6.07, 6.45) is 1.94. The standard InChI is InChI=1S/C19H19ClN2O3/c1-25-13-6-8-17-15(11-13)18(23)4-2-3-9-22(17)19(24)14-7-5-12(21)10-16(14)20/h5-8,10-11H,2-4,9,21H2,1H3. The predicted molar refractivity (Wildman–Crippen MR) is 98.7 cm³/mol. The quantitative estimate of drug-likeness (QED) is 0.825. The summed E-state index contributed by atoms with van der Waals surface area (Å²) in [4.78, 5) is 27.2. The molecule has 1 heterocycles. The Kier molecular flexibility index (Phi) is 4.95. The topological polar surface area (TPSA) is 72.6 Å². The van der Waals surface area contributed by atoms with Crippen molar-refractivity contribution in [2.24, 2.45) is 0 Å². The number of nitrogens with zero attached hydrogens (tertiary/aromatic N) is 1. The van der Waals surface area contributed by atoms with Gasteiger partial charge in [0, 0.05) is 24.2 Å². The molecule has 0 radical (unpaired) electrons. The van der Waals surface area contributed by atoms with E-state index in [4.69, 9.17) is 22.1 Å². The van der Waals surface area contributed by atoms with E-state index in [9.17, 15) is 9.59 Å². The maximum atomic E-state index is 13.1. The molecular formula is C19H19ClN2O3. The number of hydrogen-bond acceptors (Lipinski definition) is 4. The van der Waals surface area contributed by atoms with Gasteiger partial charge in [-0.3, -0.25) is 9.59 Å². The van der Waals surface area contributed by atoms with Crippen LogP contribution in [0.4, 0.5) is 11.4 Å². The monoisotopic (exact) mass is 358 g/mol. The highest BCUT2D eigenvalue weighted by Gasteiger charge is 2.26. The molecule has 1 aliphatic heterocycles. The maximum Gasteiger partial charge on any atom is 0.259 e. The number of amides is 1. The summed E-state index contributed by atoms with van der Waals surface area (Å²) >= 11 is 6.21. The lowest BCUT2D eigenvalue weighted by Crippen LogP contribution is -2.34. The zero-order valence-corrected chi connectivity index (χ0v) is 14.7. The third-order valence-electron chi connectivity index (χ3n) is 4.30. The molecule has 2 N–H and O–H groups in total. The lowest BCUT2D eigenvalue weighted by molar-refractivity contribution is 0.0971. The highest BCUT2D eigenvalue weighted by atomic mass is 35.5. The van der Waals surface area contributed by atoms with E-state index in [1.54, 1.807) is 48.4 Å². The molecule has 0 atom stereocenters. The second kappa shape index (κ2) is 7.15. The molecule has 2 aromatic rings. The first-order valence-corrected chi connectivity index (χ1v) is 8.47. The molecule has 0 aliphatic carbocycles. The number of nitrogens with two attached hydrogens (primary N) is 1. The van der Waals surface area contributed by atoms with Gasteiger partial charge in [-0.25, -0.2) is 0 Å². The predicted octanol–water partition coefficient (Wildman–Crippen LogP) is 3.94. The van der Waals surface area contributed by atoms with E-state index in [-0.39, 0.29) is 11.7 Å². The Bertz CT molecular complexity index is 835. The number of ketones is 1. The van der Waals surface area contributed by atoms with E-state index in [1.807, 2.05) is 0 Å². The van der Waals surface area contributed by atoms with E-state index in [1.165, 1.54) is 0 Å². The second-order valence-corrected chi connectivity index (χ2v) is 6.37. The number of halogens is 1. The van der Waals surface area contributed by atoms with Gasteiger partial charge in [-0.2, -0.15) is 0 Å². The Morgan fingerprint density at radius 1 is 1.20 bits per heavy atom. The number of anilines is 2. The van der Waals surface area contributed by atoms with Gasteiger partial charge >= 0.3 is 0 Å². The Balaban J connectivity index is 2.07. The Morgan fingerprint density at radius 3 is 2.72 bits per heavy atom.